The quantitative estimate of drug-likeness (QED) is 0.926. The predicted octanol–water partition coefficient (Wildman–Crippen LogP) is 3.55. The van der Waals surface area contributed by atoms with E-state index >= 15 is 0 Å². The first-order valence-electron chi connectivity index (χ1n) is 6.50. The summed E-state index contributed by atoms with van der Waals surface area (Å²) >= 11 is 6.35. The van der Waals surface area contributed by atoms with Crippen LogP contribution in [-0.2, 0) is 13.6 Å². The number of rotatable bonds is 4. The molecule has 2 rings (SSSR count). The molecule has 0 saturated heterocycles. The Balaban J connectivity index is 2.26. The first kappa shape index (κ1) is 14.1. The van der Waals surface area contributed by atoms with Crippen LogP contribution in [0.25, 0.3) is 11.1 Å². The summed E-state index contributed by atoms with van der Waals surface area (Å²) in [5.41, 5.74) is 4.39. The van der Waals surface area contributed by atoms with Crippen LogP contribution in [0.3, 0.4) is 0 Å². The van der Waals surface area contributed by atoms with Gasteiger partial charge >= 0.3 is 0 Å². The predicted molar refractivity (Wildman–Crippen MR) is 80.4 cm³/mol. The highest BCUT2D eigenvalue weighted by molar-refractivity contribution is 6.31. The number of benzene rings is 1. The highest BCUT2D eigenvalue weighted by Gasteiger charge is 2.08. The monoisotopic (exact) mass is 277 g/mol. The van der Waals surface area contributed by atoms with Crippen LogP contribution < -0.4 is 5.32 Å². The van der Waals surface area contributed by atoms with Crippen molar-refractivity contribution in [3.63, 3.8) is 0 Å². The van der Waals surface area contributed by atoms with E-state index in [9.17, 15) is 0 Å². The Labute approximate surface area is 119 Å². The van der Waals surface area contributed by atoms with Gasteiger partial charge in [0, 0.05) is 36.4 Å². The number of hydrogen-bond acceptors (Lipinski definition) is 2. The van der Waals surface area contributed by atoms with Crippen molar-refractivity contribution in [2.45, 2.75) is 33.4 Å². The fourth-order valence-corrected chi connectivity index (χ4v) is 2.30. The van der Waals surface area contributed by atoms with Gasteiger partial charge in [0.15, 0.2) is 0 Å². The summed E-state index contributed by atoms with van der Waals surface area (Å²) in [6.45, 7) is 7.06. The zero-order valence-electron chi connectivity index (χ0n) is 11.9. The van der Waals surface area contributed by atoms with Gasteiger partial charge in [-0.15, -0.1) is 0 Å². The summed E-state index contributed by atoms with van der Waals surface area (Å²) in [7, 11) is 1.93. The van der Waals surface area contributed by atoms with E-state index in [0.29, 0.717) is 6.04 Å². The minimum absolute atomic E-state index is 0.455. The average Bonchev–Trinajstić information content (AvgIpc) is 2.66. The lowest BCUT2D eigenvalue weighted by atomic mass is 10.0. The molecule has 0 spiro atoms. The first-order valence-corrected chi connectivity index (χ1v) is 6.87. The van der Waals surface area contributed by atoms with Gasteiger partial charge in [-0.25, -0.2) is 0 Å². The highest BCUT2D eigenvalue weighted by atomic mass is 35.5. The minimum Gasteiger partial charge on any atom is -0.310 e. The van der Waals surface area contributed by atoms with Crippen LogP contribution in [0, 0.1) is 6.92 Å². The van der Waals surface area contributed by atoms with Gasteiger partial charge in [-0.3, -0.25) is 4.68 Å². The average molecular weight is 278 g/mol. The van der Waals surface area contributed by atoms with E-state index in [0.717, 1.165) is 34.0 Å². The number of hydrogen-bond donors (Lipinski definition) is 1. The largest absolute Gasteiger partial charge is 0.310 e. The summed E-state index contributed by atoms with van der Waals surface area (Å²) in [6.07, 6.45) is 2.02. The van der Waals surface area contributed by atoms with Crippen LogP contribution in [0.5, 0.6) is 0 Å². The number of aromatic nitrogens is 2. The Kier molecular flexibility index (Phi) is 4.27. The van der Waals surface area contributed by atoms with Gasteiger partial charge in [0.2, 0.25) is 0 Å². The third-order valence-corrected chi connectivity index (χ3v) is 3.43. The molecule has 1 heterocycles. The second kappa shape index (κ2) is 5.76. The molecule has 0 aliphatic rings. The molecule has 102 valence electrons. The van der Waals surface area contributed by atoms with E-state index in [4.69, 9.17) is 11.6 Å². The fraction of sp³-hybridized carbons (Fsp3) is 0.400. The molecule has 19 heavy (non-hydrogen) atoms. The smallest absolute Gasteiger partial charge is 0.0671 e. The van der Waals surface area contributed by atoms with Crippen molar-refractivity contribution in [2.75, 3.05) is 0 Å². The molecule has 1 N–H and O–H groups in total. The topological polar surface area (TPSA) is 29.9 Å². The summed E-state index contributed by atoms with van der Waals surface area (Å²) in [4.78, 5) is 0. The molecule has 1 aromatic carbocycles. The molecule has 0 amide bonds. The van der Waals surface area contributed by atoms with Crippen molar-refractivity contribution in [3.8, 4) is 11.1 Å². The van der Waals surface area contributed by atoms with Crippen LogP contribution in [0.4, 0.5) is 0 Å². The lowest BCUT2D eigenvalue weighted by Gasteiger charge is -2.10. The molecule has 2 aromatic rings. The number of nitrogens with one attached hydrogen (secondary N) is 1. The zero-order valence-corrected chi connectivity index (χ0v) is 12.6. The van der Waals surface area contributed by atoms with Gasteiger partial charge in [0.25, 0.3) is 0 Å². The standard InChI is InChI=1S/C15H20ClN3/c1-10(2)17-8-13-6-5-12(7-15(13)16)14-9-19(4)18-11(14)3/h5-7,9-10,17H,8H2,1-4H3. The van der Waals surface area contributed by atoms with Gasteiger partial charge in [-0.2, -0.15) is 5.10 Å². The summed E-state index contributed by atoms with van der Waals surface area (Å²) in [6, 6.07) is 6.66. The summed E-state index contributed by atoms with van der Waals surface area (Å²) < 4.78 is 1.83. The van der Waals surface area contributed by atoms with Crippen LogP contribution in [0.1, 0.15) is 25.1 Å². The Hall–Kier alpha value is -1.32. The molecule has 0 unspecified atom stereocenters. The van der Waals surface area contributed by atoms with E-state index in [1.54, 1.807) is 0 Å². The number of halogens is 1. The molecular weight excluding hydrogens is 258 g/mol. The third kappa shape index (κ3) is 3.37. The van der Waals surface area contributed by atoms with Crippen molar-refractivity contribution in [1.82, 2.24) is 15.1 Å². The van der Waals surface area contributed by atoms with Gasteiger partial charge in [0.05, 0.1) is 5.69 Å². The maximum atomic E-state index is 6.35. The fourth-order valence-electron chi connectivity index (χ4n) is 2.06. The van der Waals surface area contributed by atoms with Crippen molar-refractivity contribution in [2.24, 2.45) is 7.05 Å². The van der Waals surface area contributed by atoms with Crippen molar-refractivity contribution >= 4 is 11.6 Å². The lowest BCUT2D eigenvalue weighted by Crippen LogP contribution is -2.21. The molecule has 0 atom stereocenters. The molecule has 0 saturated carbocycles. The van der Waals surface area contributed by atoms with E-state index in [1.807, 2.05) is 30.9 Å². The Morgan fingerprint density at radius 3 is 2.63 bits per heavy atom. The lowest BCUT2D eigenvalue weighted by molar-refractivity contribution is 0.589. The molecule has 0 aliphatic carbocycles. The molecule has 4 heteroatoms. The molecule has 1 aromatic heterocycles. The van der Waals surface area contributed by atoms with E-state index in [-0.39, 0.29) is 0 Å². The molecule has 0 aliphatic heterocycles. The van der Waals surface area contributed by atoms with E-state index in [1.165, 1.54) is 0 Å². The van der Waals surface area contributed by atoms with Crippen LogP contribution in [0.15, 0.2) is 24.4 Å². The first-order chi connectivity index (χ1) is 8.97. The Morgan fingerprint density at radius 2 is 2.11 bits per heavy atom. The zero-order chi connectivity index (χ0) is 14.0. The highest BCUT2D eigenvalue weighted by Crippen LogP contribution is 2.27. The van der Waals surface area contributed by atoms with Gasteiger partial charge in [-0.05, 0) is 24.1 Å². The van der Waals surface area contributed by atoms with E-state index < -0.39 is 0 Å². The third-order valence-electron chi connectivity index (χ3n) is 3.08. The maximum Gasteiger partial charge on any atom is 0.0671 e. The van der Waals surface area contributed by atoms with Crippen LogP contribution >= 0.6 is 11.6 Å². The second-order valence-electron chi connectivity index (χ2n) is 5.14. The molecule has 0 bridgehead atoms. The SMILES string of the molecule is Cc1nn(C)cc1-c1ccc(CNC(C)C)c(Cl)c1. The van der Waals surface area contributed by atoms with Crippen molar-refractivity contribution in [3.05, 3.63) is 40.7 Å². The number of aryl methyl sites for hydroxylation is 2. The minimum atomic E-state index is 0.455. The van der Waals surface area contributed by atoms with Gasteiger partial charge < -0.3 is 5.32 Å². The summed E-state index contributed by atoms with van der Waals surface area (Å²) in [5, 5.41) is 8.54. The van der Waals surface area contributed by atoms with Crippen molar-refractivity contribution in [1.29, 1.82) is 0 Å². The molecule has 0 radical (unpaired) electrons. The van der Waals surface area contributed by atoms with Crippen LogP contribution in [-0.4, -0.2) is 15.8 Å². The second-order valence-corrected chi connectivity index (χ2v) is 5.55. The molecular formula is C15H20ClN3. The summed E-state index contributed by atoms with van der Waals surface area (Å²) in [5.74, 6) is 0. The van der Waals surface area contributed by atoms with Gasteiger partial charge in [-0.1, -0.05) is 37.6 Å². The normalized spacial score (nSPS) is 11.3. The Bertz CT molecular complexity index is 573. The number of nitrogens with zero attached hydrogens (tertiary/aromatic N) is 2. The molecule has 3 nitrogen and oxygen atoms in total. The van der Waals surface area contributed by atoms with Gasteiger partial charge in [0.1, 0.15) is 0 Å². The molecule has 0 fully saturated rings. The van der Waals surface area contributed by atoms with Crippen LogP contribution in [0.2, 0.25) is 5.02 Å². The Morgan fingerprint density at radius 1 is 1.37 bits per heavy atom. The van der Waals surface area contributed by atoms with Crippen molar-refractivity contribution < 1.29 is 0 Å². The maximum absolute atomic E-state index is 6.35. The van der Waals surface area contributed by atoms with E-state index in [2.05, 4.69) is 36.4 Å².